The Morgan fingerprint density at radius 1 is 1.23 bits per heavy atom. The first-order valence-corrected chi connectivity index (χ1v) is 6.97. The van der Waals surface area contributed by atoms with Crippen molar-refractivity contribution in [3.05, 3.63) is 65.5 Å². The fourth-order valence-corrected chi connectivity index (χ4v) is 1.95. The van der Waals surface area contributed by atoms with Crippen LogP contribution in [0.4, 0.5) is 4.39 Å². The van der Waals surface area contributed by atoms with Crippen LogP contribution in [0, 0.1) is 5.82 Å². The molecule has 0 spiro atoms. The lowest BCUT2D eigenvalue weighted by Crippen LogP contribution is -2.35. The van der Waals surface area contributed by atoms with Gasteiger partial charge >= 0.3 is 0 Å². The summed E-state index contributed by atoms with van der Waals surface area (Å²) in [6, 6.07) is 13.0. The maximum Gasteiger partial charge on any atom is 0.261 e. The van der Waals surface area contributed by atoms with Crippen molar-refractivity contribution in [1.82, 2.24) is 5.32 Å². The summed E-state index contributed by atoms with van der Waals surface area (Å²) in [5.74, 6) is -0.115. The number of hydrogen-bond donors (Lipinski definition) is 2. The third-order valence-corrected chi connectivity index (χ3v) is 3.12. The van der Waals surface area contributed by atoms with Gasteiger partial charge in [-0.15, -0.1) is 0 Å². The highest BCUT2D eigenvalue weighted by Crippen LogP contribution is 2.15. The highest BCUT2D eigenvalue weighted by Gasteiger charge is 2.14. The van der Waals surface area contributed by atoms with Gasteiger partial charge in [-0.25, -0.2) is 4.39 Å². The lowest BCUT2D eigenvalue weighted by atomic mass is 10.2. The second-order valence-corrected chi connectivity index (χ2v) is 4.91. The zero-order chi connectivity index (χ0) is 15.9. The van der Waals surface area contributed by atoms with Gasteiger partial charge in [0.2, 0.25) is 0 Å². The Morgan fingerprint density at radius 2 is 1.95 bits per heavy atom. The van der Waals surface area contributed by atoms with E-state index in [0.29, 0.717) is 16.9 Å². The van der Waals surface area contributed by atoms with Crippen LogP contribution in [-0.2, 0) is 17.9 Å². The summed E-state index contributed by atoms with van der Waals surface area (Å²) >= 11 is 0. The quantitative estimate of drug-likeness (QED) is 0.861. The van der Waals surface area contributed by atoms with Crippen LogP contribution < -0.4 is 10.1 Å². The molecular weight excluding hydrogens is 285 g/mol. The lowest BCUT2D eigenvalue weighted by Gasteiger charge is -2.15. The topological polar surface area (TPSA) is 58.6 Å². The van der Waals surface area contributed by atoms with E-state index in [-0.39, 0.29) is 24.9 Å². The second kappa shape index (κ2) is 7.56. The lowest BCUT2D eigenvalue weighted by molar-refractivity contribution is -0.127. The normalized spacial score (nSPS) is 11.8. The number of ether oxygens (including phenoxy) is 1. The van der Waals surface area contributed by atoms with Gasteiger partial charge in [0.05, 0.1) is 6.61 Å². The molecule has 0 heterocycles. The number of benzene rings is 2. The highest BCUT2D eigenvalue weighted by molar-refractivity contribution is 5.80. The molecule has 2 aromatic rings. The molecule has 22 heavy (non-hydrogen) atoms. The van der Waals surface area contributed by atoms with Crippen LogP contribution >= 0.6 is 0 Å². The van der Waals surface area contributed by atoms with Crippen LogP contribution in [0.2, 0.25) is 0 Å². The van der Waals surface area contributed by atoms with Gasteiger partial charge in [0.25, 0.3) is 5.91 Å². The number of hydrogen-bond acceptors (Lipinski definition) is 3. The first kappa shape index (κ1) is 16.0. The summed E-state index contributed by atoms with van der Waals surface area (Å²) in [5.41, 5.74) is 1.40. The molecule has 0 saturated heterocycles. The van der Waals surface area contributed by atoms with E-state index in [1.807, 2.05) is 0 Å². The minimum absolute atomic E-state index is 0.0860. The Labute approximate surface area is 128 Å². The summed E-state index contributed by atoms with van der Waals surface area (Å²) in [6.45, 7) is 1.78. The molecule has 2 rings (SSSR count). The summed E-state index contributed by atoms with van der Waals surface area (Å²) in [5, 5.41) is 11.8. The molecule has 116 valence electrons. The number of rotatable bonds is 6. The van der Waals surface area contributed by atoms with E-state index >= 15 is 0 Å². The fourth-order valence-electron chi connectivity index (χ4n) is 1.95. The van der Waals surface area contributed by atoms with Crippen molar-refractivity contribution < 1.29 is 19.0 Å². The average molecular weight is 303 g/mol. The molecule has 0 bridgehead atoms. The Morgan fingerprint density at radius 3 is 2.68 bits per heavy atom. The molecule has 0 fully saturated rings. The van der Waals surface area contributed by atoms with E-state index in [1.54, 1.807) is 43.3 Å². The minimum atomic E-state index is -0.692. The molecule has 0 aliphatic rings. The van der Waals surface area contributed by atoms with E-state index in [0.717, 1.165) is 0 Å². The molecule has 0 aliphatic carbocycles. The average Bonchev–Trinajstić information content (AvgIpc) is 2.52. The number of carbonyl (C=O) groups is 1. The molecule has 4 nitrogen and oxygen atoms in total. The number of amides is 1. The van der Waals surface area contributed by atoms with Crippen LogP contribution in [0.1, 0.15) is 18.1 Å². The summed E-state index contributed by atoms with van der Waals surface area (Å²) < 4.78 is 18.6. The predicted molar refractivity (Wildman–Crippen MR) is 80.7 cm³/mol. The Hall–Kier alpha value is -2.40. The number of carbonyl (C=O) groups excluding carboxylic acids is 1. The van der Waals surface area contributed by atoms with E-state index in [1.165, 1.54) is 12.1 Å². The van der Waals surface area contributed by atoms with Crippen molar-refractivity contribution in [2.75, 3.05) is 0 Å². The van der Waals surface area contributed by atoms with Crippen molar-refractivity contribution in [2.45, 2.75) is 26.2 Å². The molecule has 2 N–H and O–H groups in total. The number of halogens is 1. The van der Waals surface area contributed by atoms with E-state index in [4.69, 9.17) is 9.84 Å². The van der Waals surface area contributed by atoms with E-state index < -0.39 is 6.10 Å². The zero-order valence-corrected chi connectivity index (χ0v) is 12.3. The first-order valence-electron chi connectivity index (χ1n) is 6.97. The number of aliphatic hydroxyl groups excluding tert-OH is 1. The molecule has 0 saturated carbocycles. The largest absolute Gasteiger partial charge is 0.481 e. The van der Waals surface area contributed by atoms with Gasteiger partial charge in [-0.1, -0.05) is 24.3 Å². The van der Waals surface area contributed by atoms with Gasteiger partial charge in [0.1, 0.15) is 11.6 Å². The maximum atomic E-state index is 13.1. The van der Waals surface area contributed by atoms with Crippen molar-refractivity contribution in [1.29, 1.82) is 0 Å². The van der Waals surface area contributed by atoms with Gasteiger partial charge in [-0.2, -0.15) is 0 Å². The molecular formula is C17H18FNO3. The van der Waals surface area contributed by atoms with E-state index in [9.17, 15) is 9.18 Å². The van der Waals surface area contributed by atoms with Gasteiger partial charge in [-0.05, 0) is 42.3 Å². The van der Waals surface area contributed by atoms with Gasteiger partial charge in [0, 0.05) is 6.54 Å². The Bertz CT molecular complexity index is 645. The molecule has 1 amide bonds. The molecule has 0 aliphatic heterocycles. The first-order chi connectivity index (χ1) is 10.6. The van der Waals surface area contributed by atoms with Crippen molar-refractivity contribution in [2.24, 2.45) is 0 Å². The zero-order valence-electron chi connectivity index (χ0n) is 12.3. The summed E-state index contributed by atoms with van der Waals surface area (Å²) in [7, 11) is 0. The Kier molecular flexibility index (Phi) is 5.49. The Balaban J connectivity index is 1.89. The highest BCUT2D eigenvalue weighted by atomic mass is 19.1. The molecule has 2 aromatic carbocycles. The molecule has 0 radical (unpaired) electrons. The van der Waals surface area contributed by atoms with Crippen molar-refractivity contribution in [3.63, 3.8) is 0 Å². The minimum Gasteiger partial charge on any atom is -0.481 e. The predicted octanol–water partition coefficient (Wildman–Crippen LogP) is 2.40. The second-order valence-electron chi connectivity index (χ2n) is 4.91. The number of aliphatic hydroxyl groups is 1. The molecule has 0 aromatic heterocycles. The van der Waals surface area contributed by atoms with Crippen LogP contribution in [0.15, 0.2) is 48.5 Å². The third kappa shape index (κ3) is 4.56. The monoisotopic (exact) mass is 303 g/mol. The van der Waals surface area contributed by atoms with Crippen LogP contribution in [0.3, 0.4) is 0 Å². The van der Waals surface area contributed by atoms with Crippen LogP contribution in [-0.4, -0.2) is 17.1 Å². The van der Waals surface area contributed by atoms with Crippen LogP contribution in [0.5, 0.6) is 5.75 Å². The van der Waals surface area contributed by atoms with Crippen molar-refractivity contribution >= 4 is 5.91 Å². The van der Waals surface area contributed by atoms with E-state index in [2.05, 4.69) is 5.32 Å². The van der Waals surface area contributed by atoms with Gasteiger partial charge in [0.15, 0.2) is 6.10 Å². The van der Waals surface area contributed by atoms with Crippen molar-refractivity contribution in [3.8, 4) is 5.75 Å². The molecule has 1 unspecified atom stereocenters. The smallest absolute Gasteiger partial charge is 0.261 e. The fraction of sp³-hybridized carbons (Fsp3) is 0.235. The SMILES string of the molecule is CC(Oc1cccc(CO)c1)C(=O)NCc1cccc(F)c1. The summed E-state index contributed by atoms with van der Waals surface area (Å²) in [6.07, 6.45) is -0.692. The standard InChI is InChI=1S/C17H18FNO3/c1-12(22-16-7-3-5-14(9-16)11-20)17(21)19-10-13-4-2-6-15(18)8-13/h2-9,12,20H,10-11H2,1H3,(H,19,21). The summed E-state index contributed by atoms with van der Waals surface area (Å²) in [4.78, 5) is 12.0. The van der Waals surface area contributed by atoms with Crippen LogP contribution in [0.25, 0.3) is 0 Å². The van der Waals surface area contributed by atoms with Gasteiger partial charge < -0.3 is 15.2 Å². The maximum absolute atomic E-state index is 13.1. The third-order valence-electron chi connectivity index (χ3n) is 3.12. The molecule has 1 atom stereocenters. The number of nitrogens with one attached hydrogen (secondary N) is 1. The van der Waals surface area contributed by atoms with Gasteiger partial charge in [-0.3, -0.25) is 4.79 Å². The molecule has 5 heteroatoms.